The maximum atomic E-state index is 15.1. The number of aromatic nitrogens is 3. The highest BCUT2D eigenvalue weighted by Crippen LogP contribution is 2.38. The van der Waals surface area contributed by atoms with Gasteiger partial charge in [0.1, 0.15) is 18.1 Å². The van der Waals surface area contributed by atoms with Crippen molar-refractivity contribution in [3.05, 3.63) is 77.1 Å². The molecule has 10 heteroatoms. The Balaban J connectivity index is 1.52. The number of ether oxygens (including phenoxy) is 1. The van der Waals surface area contributed by atoms with Gasteiger partial charge in [-0.25, -0.2) is 23.2 Å². The van der Waals surface area contributed by atoms with Crippen LogP contribution < -0.4 is 4.90 Å². The van der Waals surface area contributed by atoms with E-state index < -0.39 is 34.8 Å². The van der Waals surface area contributed by atoms with E-state index in [1.54, 1.807) is 37.4 Å². The highest BCUT2D eigenvalue weighted by atomic mass is 19.1. The Morgan fingerprint density at radius 3 is 2.33 bits per heavy atom. The van der Waals surface area contributed by atoms with Crippen LogP contribution in [0.25, 0.3) is 0 Å². The summed E-state index contributed by atoms with van der Waals surface area (Å²) < 4.78 is 37.4. The maximum absolute atomic E-state index is 15.1. The molecule has 0 bridgehead atoms. The molecule has 0 spiro atoms. The molecule has 39 heavy (non-hydrogen) atoms. The van der Waals surface area contributed by atoms with Crippen LogP contribution in [0.4, 0.5) is 19.3 Å². The fourth-order valence-electron chi connectivity index (χ4n) is 4.10. The summed E-state index contributed by atoms with van der Waals surface area (Å²) in [5, 5.41) is 8.21. The van der Waals surface area contributed by atoms with Crippen LogP contribution in [0.1, 0.15) is 57.4 Å². The molecule has 3 amide bonds. The molecule has 0 saturated carbocycles. The third-order valence-electron chi connectivity index (χ3n) is 6.64. The third-order valence-corrected chi connectivity index (χ3v) is 6.64. The van der Waals surface area contributed by atoms with E-state index in [4.69, 9.17) is 4.74 Å². The second-order valence-corrected chi connectivity index (χ2v) is 10.9. The largest absolute Gasteiger partial charge is 0.359 e. The number of nitrogens with zero attached hydrogens (tertiary/aromatic N) is 5. The van der Waals surface area contributed by atoms with E-state index in [0.717, 1.165) is 18.6 Å². The molecule has 1 saturated heterocycles. The highest BCUT2D eigenvalue weighted by molar-refractivity contribution is 6.16. The summed E-state index contributed by atoms with van der Waals surface area (Å²) in [6, 6.07) is 10.1. The molecule has 0 N–H and O–H groups in total. The molecular formula is C29H31F2N5O3. The molecule has 1 atom stereocenters. The SMILES string of the molecule is CN1C(=O)N(c2c(F)cc(C#Cc3ccccc3)cc2F)C(=O)C[C@@]1(C)c1cn(COCCC(C)(C)C)nn1. The van der Waals surface area contributed by atoms with Crippen LogP contribution in [0.2, 0.25) is 0 Å². The first kappa shape index (κ1) is 27.9. The van der Waals surface area contributed by atoms with E-state index in [2.05, 4.69) is 42.9 Å². The first-order valence-corrected chi connectivity index (χ1v) is 12.5. The minimum atomic E-state index is -1.18. The number of halogens is 2. The minimum absolute atomic E-state index is 0.0778. The van der Waals surface area contributed by atoms with Crippen LogP contribution in [-0.2, 0) is 21.8 Å². The number of hydrogen-bond donors (Lipinski definition) is 0. The molecule has 0 radical (unpaired) electrons. The van der Waals surface area contributed by atoms with Gasteiger partial charge in [0.2, 0.25) is 5.91 Å². The van der Waals surface area contributed by atoms with Crippen molar-refractivity contribution in [1.29, 1.82) is 0 Å². The Morgan fingerprint density at radius 2 is 1.69 bits per heavy atom. The average Bonchev–Trinajstić information content (AvgIpc) is 3.35. The molecule has 4 rings (SSSR count). The zero-order valence-corrected chi connectivity index (χ0v) is 22.7. The first-order chi connectivity index (χ1) is 18.4. The van der Waals surface area contributed by atoms with Crippen LogP contribution >= 0.6 is 0 Å². The van der Waals surface area contributed by atoms with Gasteiger partial charge in [-0.15, -0.1) is 5.10 Å². The Morgan fingerprint density at radius 1 is 1.05 bits per heavy atom. The Hall–Kier alpha value is -4.10. The lowest BCUT2D eigenvalue weighted by Crippen LogP contribution is -2.60. The van der Waals surface area contributed by atoms with Gasteiger partial charge < -0.3 is 9.64 Å². The van der Waals surface area contributed by atoms with Crippen LogP contribution in [0, 0.1) is 28.9 Å². The molecule has 1 aromatic heterocycles. The van der Waals surface area contributed by atoms with Gasteiger partial charge in [-0.1, -0.05) is 56.0 Å². The number of carbonyl (C=O) groups excluding carboxylic acids is 2. The molecule has 1 aliphatic rings. The number of benzene rings is 2. The van der Waals surface area contributed by atoms with Crippen molar-refractivity contribution in [2.75, 3.05) is 18.6 Å². The molecule has 8 nitrogen and oxygen atoms in total. The van der Waals surface area contributed by atoms with Crippen molar-refractivity contribution in [2.24, 2.45) is 5.41 Å². The Bertz CT molecular complexity index is 1420. The van der Waals surface area contributed by atoms with Crippen molar-refractivity contribution < 1.29 is 23.1 Å². The summed E-state index contributed by atoms with van der Waals surface area (Å²) in [7, 11) is 1.45. The number of carbonyl (C=O) groups is 2. The summed E-state index contributed by atoms with van der Waals surface area (Å²) in [5.41, 5.74) is -0.666. The predicted molar refractivity (Wildman–Crippen MR) is 141 cm³/mol. The molecule has 2 aromatic carbocycles. The lowest BCUT2D eigenvalue weighted by atomic mass is 9.89. The molecule has 0 unspecified atom stereocenters. The molecule has 1 aliphatic heterocycles. The number of rotatable bonds is 6. The quantitative estimate of drug-likeness (QED) is 0.325. The fourth-order valence-corrected chi connectivity index (χ4v) is 4.10. The van der Waals surface area contributed by atoms with Crippen molar-refractivity contribution in [2.45, 2.75) is 52.8 Å². The topological polar surface area (TPSA) is 80.6 Å². The van der Waals surface area contributed by atoms with E-state index >= 15 is 8.78 Å². The number of hydrogen-bond acceptors (Lipinski definition) is 5. The van der Waals surface area contributed by atoms with Crippen molar-refractivity contribution in [3.8, 4) is 11.8 Å². The van der Waals surface area contributed by atoms with Crippen molar-refractivity contribution in [3.63, 3.8) is 0 Å². The molecule has 2 heterocycles. The van der Waals surface area contributed by atoms with Gasteiger partial charge in [0.25, 0.3) is 0 Å². The molecule has 3 aromatic rings. The van der Waals surface area contributed by atoms with Gasteiger partial charge in [0.15, 0.2) is 11.6 Å². The van der Waals surface area contributed by atoms with Crippen LogP contribution in [0.15, 0.2) is 48.7 Å². The number of urea groups is 1. The molecule has 1 fully saturated rings. The fraction of sp³-hybridized carbons (Fsp3) is 0.379. The standard InChI is InChI=1S/C29H31F2N5O3/c1-28(2,3)13-14-39-19-35-18-24(32-33-35)29(4)17-25(37)36(27(38)34(29)5)26-22(30)15-21(16-23(26)31)12-11-20-9-7-6-8-10-20/h6-10,15-16,18H,13-14,17,19H2,1-5H3/t29-/m0/s1. The van der Waals surface area contributed by atoms with Gasteiger partial charge >= 0.3 is 6.03 Å². The smallest absolute Gasteiger partial charge is 0.332 e. The van der Waals surface area contributed by atoms with Crippen LogP contribution in [0.5, 0.6) is 0 Å². The zero-order valence-electron chi connectivity index (χ0n) is 22.7. The van der Waals surface area contributed by atoms with Gasteiger partial charge in [-0.05, 0) is 43.0 Å². The van der Waals surface area contributed by atoms with Gasteiger partial charge in [0.05, 0.1) is 18.2 Å². The van der Waals surface area contributed by atoms with Gasteiger partial charge in [-0.3, -0.25) is 4.79 Å². The lowest BCUT2D eigenvalue weighted by molar-refractivity contribution is -0.122. The summed E-state index contributed by atoms with van der Waals surface area (Å²) >= 11 is 0. The highest BCUT2D eigenvalue weighted by Gasteiger charge is 2.49. The second kappa shape index (κ2) is 10.9. The number of amides is 3. The average molecular weight is 536 g/mol. The number of anilines is 1. The van der Waals surface area contributed by atoms with Crippen LogP contribution in [-0.4, -0.2) is 45.5 Å². The summed E-state index contributed by atoms with van der Waals surface area (Å²) in [6.07, 6.45) is 2.21. The van der Waals surface area contributed by atoms with E-state index in [0.29, 0.717) is 22.8 Å². The summed E-state index contributed by atoms with van der Waals surface area (Å²) in [5.74, 6) is 2.64. The Kier molecular flexibility index (Phi) is 7.84. The molecule has 0 aliphatic carbocycles. The second-order valence-electron chi connectivity index (χ2n) is 10.9. The van der Waals surface area contributed by atoms with Crippen molar-refractivity contribution in [1.82, 2.24) is 19.9 Å². The summed E-state index contributed by atoms with van der Waals surface area (Å²) in [6.45, 7) is 8.71. The zero-order chi connectivity index (χ0) is 28.4. The Labute approximate surface area is 226 Å². The maximum Gasteiger partial charge on any atom is 0.332 e. The molecular weight excluding hydrogens is 504 g/mol. The molecule has 204 valence electrons. The monoisotopic (exact) mass is 535 g/mol. The normalized spacial score (nSPS) is 17.8. The summed E-state index contributed by atoms with van der Waals surface area (Å²) in [4.78, 5) is 28.3. The van der Waals surface area contributed by atoms with Crippen LogP contribution in [0.3, 0.4) is 0 Å². The van der Waals surface area contributed by atoms with Gasteiger partial charge in [-0.2, -0.15) is 0 Å². The minimum Gasteiger partial charge on any atom is -0.359 e. The third kappa shape index (κ3) is 6.15. The predicted octanol–water partition coefficient (Wildman–Crippen LogP) is 5.07. The van der Waals surface area contributed by atoms with Crippen molar-refractivity contribution >= 4 is 17.6 Å². The first-order valence-electron chi connectivity index (χ1n) is 12.5. The number of imide groups is 1. The van der Waals surface area contributed by atoms with E-state index in [1.807, 2.05) is 6.07 Å². The van der Waals surface area contributed by atoms with E-state index in [-0.39, 0.29) is 24.1 Å². The van der Waals surface area contributed by atoms with E-state index in [1.165, 1.54) is 16.6 Å². The lowest BCUT2D eigenvalue weighted by Gasteiger charge is -2.44. The van der Waals surface area contributed by atoms with E-state index in [9.17, 15) is 9.59 Å². The van der Waals surface area contributed by atoms with Gasteiger partial charge in [0, 0.05) is 24.8 Å².